The molecule has 3 heterocycles. The molecule has 0 radical (unpaired) electrons. The van der Waals surface area contributed by atoms with E-state index in [1.165, 1.54) is 4.90 Å². The maximum Gasteiger partial charge on any atom is 0.312 e. The normalized spacial score (nSPS) is 28.3. The monoisotopic (exact) mass is 518 g/mol. The van der Waals surface area contributed by atoms with Gasteiger partial charge in [-0.1, -0.05) is 42.5 Å². The lowest BCUT2D eigenvalue weighted by atomic mass is 9.70. The summed E-state index contributed by atoms with van der Waals surface area (Å²) in [7, 11) is 0. The lowest BCUT2D eigenvalue weighted by molar-refractivity contribution is -0.155. The summed E-state index contributed by atoms with van der Waals surface area (Å²) in [5, 5.41) is 12.1. The van der Waals surface area contributed by atoms with Crippen LogP contribution >= 0.6 is 0 Å². The van der Waals surface area contributed by atoms with Crippen LogP contribution in [0.4, 0.5) is 5.69 Å². The highest BCUT2D eigenvalue weighted by atomic mass is 16.6. The fourth-order valence-corrected chi connectivity index (χ4v) is 6.48. The number of ether oxygens (including phenoxy) is 2. The SMILES string of the molecule is C=CCCOC(=O)[C@@H]1[C@@H]2CCC3(O2)C(C(=O)N(CC=C)c2ccc4ccccc4c2)N([C@H](C)CO)C(=O)[C@H]13. The minimum Gasteiger partial charge on any atom is -0.465 e. The van der Waals surface area contributed by atoms with Crippen molar-refractivity contribution in [3.63, 3.8) is 0 Å². The van der Waals surface area contributed by atoms with Gasteiger partial charge in [0, 0.05) is 12.2 Å². The van der Waals surface area contributed by atoms with E-state index in [0.717, 1.165) is 10.8 Å². The summed E-state index contributed by atoms with van der Waals surface area (Å²) in [4.78, 5) is 44.6. The fourth-order valence-electron chi connectivity index (χ4n) is 6.48. The number of hydrogen-bond donors (Lipinski definition) is 1. The van der Waals surface area contributed by atoms with Crippen molar-refractivity contribution in [2.75, 3.05) is 24.7 Å². The molecule has 8 heteroatoms. The van der Waals surface area contributed by atoms with Gasteiger partial charge in [0.1, 0.15) is 11.6 Å². The van der Waals surface area contributed by atoms with E-state index < -0.39 is 41.6 Å². The van der Waals surface area contributed by atoms with Crippen LogP contribution in [0.2, 0.25) is 0 Å². The van der Waals surface area contributed by atoms with Crippen LogP contribution in [0, 0.1) is 11.8 Å². The fraction of sp³-hybridized carbons (Fsp3) is 0.433. The Morgan fingerprint density at radius 2 is 2.00 bits per heavy atom. The molecule has 1 N–H and O–H groups in total. The van der Waals surface area contributed by atoms with E-state index in [1.54, 1.807) is 24.0 Å². The molecule has 200 valence electrons. The van der Waals surface area contributed by atoms with E-state index in [2.05, 4.69) is 13.2 Å². The number of hydrogen-bond acceptors (Lipinski definition) is 6. The van der Waals surface area contributed by atoms with Crippen molar-refractivity contribution in [2.24, 2.45) is 11.8 Å². The first-order valence-corrected chi connectivity index (χ1v) is 13.2. The van der Waals surface area contributed by atoms with Crippen LogP contribution in [0.3, 0.4) is 0 Å². The second-order valence-corrected chi connectivity index (χ2v) is 10.3. The van der Waals surface area contributed by atoms with E-state index in [-0.39, 0.29) is 31.6 Å². The molecule has 38 heavy (non-hydrogen) atoms. The molecular formula is C30H34N2O6. The van der Waals surface area contributed by atoms with Crippen molar-refractivity contribution >= 4 is 34.2 Å². The van der Waals surface area contributed by atoms with Crippen molar-refractivity contribution in [1.29, 1.82) is 0 Å². The molecular weight excluding hydrogens is 484 g/mol. The Balaban J connectivity index is 1.55. The van der Waals surface area contributed by atoms with E-state index in [0.29, 0.717) is 24.9 Å². The first-order valence-electron chi connectivity index (χ1n) is 13.2. The molecule has 2 unspecified atom stereocenters. The molecule has 3 aliphatic rings. The second kappa shape index (κ2) is 10.3. The van der Waals surface area contributed by atoms with Gasteiger partial charge < -0.3 is 24.4 Å². The Bertz CT molecular complexity index is 1280. The summed E-state index contributed by atoms with van der Waals surface area (Å²) in [5.41, 5.74) is -0.494. The third-order valence-electron chi connectivity index (χ3n) is 8.17. The molecule has 8 nitrogen and oxygen atoms in total. The minimum absolute atomic E-state index is 0.174. The highest BCUT2D eigenvalue weighted by Crippen LogP contribution is 2.59. The number of anilines is 1. The van der Waals surface area contributed by atoms with Gasteiger partial charge in [0.25, 0.3) is 5.91 Å². The van der Waals surface area contributed by atoms with Gasteiger partial charge in [0.15, 0.2) is 0 Å². The average Bonchev–Trinajstić information content (AvgIpc) is 3.58. The number of rotatable bonds is 10. The number of fused-ring (bicyclic) bond motifs is 2. The standard InChI is InChI=1S/C30H34N2O6/c1-4-6-16-37-29(36)24-23-13-14-30(38-23)25(24)27(34)32(19(3)18-33)26(30)28(35)31(15-5-2)22-12-11-20-9-7-8-10-21(20)17-22/h4-5,7-12,17,19,23-26,33H,1-2,6,13-16,18H2,3H3/t19-,23+,24-,25+,26?,30?/m1/s1. The van der Waals surface area contributed by atoms with Crippen LogP contribution < -0.4 is 4.90 Å². The molecule has 2 aromatic rings. The Labute approximate surface area is 222 Å². The number of benzene rings is 2. The van der Waals surface area contributed by atoms with Gasteiger partial charge in [-0.25, -0.2) is 0 Å². The molecule has 0 aromatic heterocycles. The van der Waals surface area contributed by atoms with E-state index in [1.807, 2.05) is 42.5 Å². The third kappa shape index (κ3) is 4.03. The molecule has 3 fully saturated rings. The molecule has 2 aromatic carbocycles. The van der Waals surface area contributed by atoms with Gasteiger partial charge in [0.2, 0.25) is 5.91 Å². The van der Waals surface area contributed by atoms with Crippen LogP contribution in [0.25, 0.3) is 10.8 Å². The lowest BCUT2D eigenvalue weighted by Crippen LogP contribution is -2.58. The van der Waals surface area contributed by atoms with Crippen LogP contribution in [0.1, 0.15) is 26.2 Å². The largest absolute Gasteiger partial charge is 0.465 e. The van der Waals surface area contributed by atoms with Gasteiger partial charge in [-0.3, -0.25) is 14.4 Å². The Morgan fingerprint density at radius 1 is 1.24 bits per heavy atom. The molecule has 3 aliphatic heterocycles. The van der Waals surface area contributed by atoms with E-state index in [4.69, 9.17) is 9.47 Å². The molecule has 2 amide bonds. The molecule has 6 atom stereocenters. The maximum absolute atomic E-state index is 14.5. The zero-order valence-electron chi connectivity index (χ0n) is 21.6. The van der Waals surface area contributed by atoms with Crippen LogP contribution in [0.5, 0.6) is 0 Å². The molecule has 2 bridgehead atoms. The highest BCUT2D eigenvalue weighted by Gasteiger charge is 2.75. The summed E-state index contributed by atoms with van der Waals surface area (Å²) in [6.45, 7) is 9.27. The summed E-state index contributed by atoms with van der Waals surface area (Å²) in [6.07, 6.45) is 4.34. The predicted molar refractivity (Wildman–Crippen MR) is 143 cm³/mol. The number of esters is 1. The topological polar surface area (TPSA) is 96.4 Å². The highest BCUT2D eigenvalue weighted by molar-refractivity contribution is 6.05. The zero-order valence-corrected chi connectivity index (χ0v) is 21.6. The summed E-state index contributed by atoms with van der Waals surface area (Å²) in [5.74, 6) is -2.80. The molecule has 1 spiro atoms. The average molecular weight is 519 g/mol. The Morgan fingerprint density at radius 3 is 2.71 bits per heavy atom. The third-order valence-corrected chi connectivity index (χ3v) is 8.17. The van der Waals surface area contributed by atoms with Crippen LogP contribution in [-0.2, 0) is 23.9 Å². The zero-order chi connectivity index (χ0) is 27.0. The number of aliphatic hydroxyl groups is 1. The molecule has 0 saturated carbocycles. The number of carbonyl (C=O) groups excluding carboxylic acids is 3. The number of likely N-dealkylation sites (tertiary alicyclic amines) is 1. The smallest absolute Gasteiger partial charge is 0.312 e. The summed E-state index contributed by atoms with van der Waals surface area (Å²) < 4.78 is 11.9. The van der Waals surface area contributed by atoms with Gasteiger partial charge in [0.05, 0.1) is 37.2 Å². The first kappa shape index (κ1) is 26.1. The van der Waals surface area contributed by atoms with Gasteiger partial charge >= 0.3 is 5.97 Å². The van der Waals surface area contributed by atoms with Gasteiger partial charge in [-0.15, -0.1) is 13.2 Å². The molecule has 0 aliphatic carbocycles. The predicted octanol–water partition coefficient (Wildman–Crippen LogP) is 3.23. The van der Waals surface area contributed by atoms with E-state index in [9.17, 15) is 19.5 Å². The van der Waals surface area contributed by atoms with Crippen molar-refractivity contribution < 1.29 is 29.0 Å². The Kier molecular flexibility index (Phi) is 7.11. The molecule has 3 saturated heterocycles. The maximum atomic E-state index is 14.5. The number of amides is 2. The number of carbonyl (C=O) groups is 3. The number of aliphatic hydroxyl groups excluding tert-OH is 1. The van der Waals surface area contributed by atoms with Crippen molar-refractivity contribution in [1.82, 2.24) is 4.90 Å². The van der Waals surface area contributed by atoms with Crippen LogP contribution in [0.15, 0.2) is 67.8 Å². The summed E-state index contributed by atoms with van der Waals surface area (Å²) >= 11 is 0. The minimum atomic E-state index is -1.17. The first-order chi connectivity index (χ1) is 18.4. The summed E-state index contributed by atoms with van der Waals surface area (Å²) in [6, 6.07) is 12.0. The lowest BCUT2D eigenvalue weighted by Gasteiger charge is -2.38. The Hall–Kier alpha value is -3.49. The van der Waals surface area contributed by atoms with Crippen molar-refractivity contribution in [2.45, 2.75) is 50.0 Å². The second-order valence-electron chi connectivity index (χ2n) is 10.3. The quantitative estimate of drug-likeness (QED) is 0.295. The number of nitrogens with zero attached hydrogens (tertiary/aromatic N) is 2. The van der Waals surface area contributed by atoms with E-state index >= 15 is 0 Å². The molecule has 5 rings (SSSR count). The van der Waals surface area contributed by atoms with Gasteiger partial charge in [-0.2, -0.15) is 0 Å². The van der Waals surface area contributed by atoms with Crippen LogP contribution in [-0.4, -0.2) is 71.3 Å². The van der Waals surface area contributed by atoms with Crippen molar-refractivity contribution in [3.8, 4) is 0 Å². The van der Waals surface area contributed by atoms with Gasteiger partial charge in [-0.05, 0) is 49.1 Å². The van der Waals surface area contributed by atoms with Crippen molar-refractivity contribution in [3.05, 3.63) is 67.8 Å².